The van der Waals surface area contributed by atoms with Crippen LogP contribution in [-0.4, -0.2) is 16.2 Å². The number of phenols is 1. The van der Waals surface area contributed by atoms with Crippen LogP contribution >= 0.6 is 11.6 Å². The van der Waals surface area contributed by atoms with E-state index in [9.17, 15) is 9.90 Å². The third kappa shape index (κ3) is 2.05. The van der Waals surface area contributed by atoms with Crippen LogP contribution in [0.3, 0.4) is 0 Å². The molecule has 4 N–H and O–H groups in total. The molecule has 0 fully saturated rings. The van der Waals surface area contributed by atoms with E-state index < -0.39 is 12.0 Å². The molecule has 0 saturated heterocycles. The van der Waals surface area contributed by atoms with Gasteiger partial charge in [0.2, 0.25) is 0 Å². The van der Waals surface area contributed by atoms with Crippen LogP contribution < -0.4 is 5.73 Å². The molecule has 2 aromatic carbocycles. The number of carbonyl (C=O) groups is 1. The zero-order chi connectivity index (χ0) is 12.6. The van der Waals surface area contributed by atoms with Crippen molar-refractivity contribution in [3.8, 4) is 5.75 Å². The second-order valence-electron chi connectivity index (χ2n) is 3.68. The molecule has 0 radical (unpaired) electrons. The highest BCUT2D eigenvalue weighted by Crippen LogP contribution is 2.32. The molecule has 5 heteroatoms. The number of benzene rings is 2. The zero-order valence-electron chi connectivity index (χ0n) is 8.72. The van der Waals surface area contributed by atoms with E-state index in [4.69, 9.17) is 22.4 Å². The molecule has 2 aromatic rings. The Kier molecular flexibility index (Phi) is 2.92. The van der Waals surface area contributed by atoms with E-state index in [0.717, 1.165) is 5.39 Å². The van der Waals surface area contributed by atoms with Gasteiger partial charge in [-0.1, -0.05) is 23.7 Å². The molecular formula is C12H10ClNO3. The Labute approximate surface area is 102 Å². The van der Waals surface area contributed by atoms with Crippen molar-refractivity contribution >= 4 is 28.3 Å². The summed E-state index contributed by atoms with van der Waals surface area (Å²) in [7, 11) is 0. The first kappa shape index (κ1) is 11.7. The average Bonchev–Trinajstić information content (AvgIpc) is 2.28. The molecule has 2 rings (SSSR count). The predicted molar refractivity (Wildman–Crippen MR) is 65.2 cm³/mol. The smallest absolute Gasteiger partial charge is 0.325 e. The number of aliphatic carboxylic acids is 1. The van der Waals surface area contributed by atoms with Crippen LogP contribution in [0.4, 0.5) is 0 Å². The van der Waals surface area contributed by atoms with Gasteiger partial charge in [0.25, 0.3) is 0 Å². The second kappa shape index (κ2) is 4.24. The number of aromatic hydroxyl groups is 1. The van der Waals surface area contributed by atoms with Crippen molar-refractivity contribution in [3.05, 3.63) is 40.9 Å². The summed E-state index contributed by atoms with van der Waals surface area (Å²) in [5.74, 6) is -1.32. The molecule has 0 heterocycles. The normalized spacial score (nSPS) is 12.6. The van der Waals surface area contributed by atoms with Gasteiger partial charge in [0.1, 0.15) is 11.8 Å². The molecule has 0 saturated carbocycles. The minimum Gasteiger partial charge on any atom is -0.508 e. The molecule has 4 nitrogen and oxygen atoms in total. The lowest BCUT2D eigenvalue weighted by Gasteiger charge is -2.12. The van der Waals surface area contributed by atoms with Crippen LogP contribution in [-0.2, 0) is 4.79 Å². The minimum atomic E-state index is -1.26. The van der Waals surface area contributed by atoms with Crippen LogP contribution in [0.15, 0.2) is 30.3 Å². The Morgan fingerprint density at radius 1 is 1.29 bits per heavy atom. The largest absolute Gasteiger partial charge is 0.508 e. The van der Waals surface area contributed by atoms with Crippen LogP contribution in [0.25, 0.3) is 10.8 Å². The molecule has 0 aliphatic carbocycles. The summed E-state index contributed by atoms with van der Waals surface area (Å²) in [6.07, 6.45) is 0. The van der Waals surface area contributed by atoms with Crippen LogP contribution in [0.1, 0.15) is 11.6 Å². The molecular weight excluding hydrogens is 242 g/mol. The summed E-state index contributed by atoms with van der Waals surface area (Å²) in [5.41, 5.74) is 5.75. The fraction of sp³-hybridized carbons (Fsp3) is 0.0833. The quantitative estimate of drug-likeness (QED) is 0.765. The van der Waals surface area contributed by atoms with Crippen molar-refractivity contribution in [2.45, 2.75) is 6.04 Å². The molecule has 0 spiro atoms. The van der Waals surface area contributed by atoms with Crippen molar-refractivity contribution in [3.63, 3.8) is 0 Å². The highest BCUT2D eigenvalue weighted by molar-refractivity contribution is 6.31. The maximum absolute atomic E-state index is 10.9. The monoisotopic (exact) mass is 251 g/mol. The van der Waals surface area contributed by atoms with Gasteiger partial charge in [-0.25, -0.2) is 0 Å². The van der Waals surface area contributed by atoms with E-state index in [1.807, 2.05) is 0 Å². The van der Waals surface area contributed by atoms with E-state index >= 15 is 0 Å². The van der Waals surface area contributed by atoms with Gasteiger partial charge >= 0.3 is 5.97 Å². The topological polar surface area (TPSA) is 83.6 Å². The first-order valence-corrected chi connectivity index (χ1v) is 5.28. The fourth-order valence-electron chi connectivity index (χ4n) is 1.76. The highest BCUT2D eigenvalue weighted by Gasteiger charge is 2.20. The number of hydrogen-bond acceptors (Lipinski definition) is 3. The predicted octanol–water partition coefficient (Wildman–Crippen LogP) is 2.28. The van der Waals surface area contributed by atoms with E-state index in [1.54, 1.807) is 24.3 Å². The van der Waals surface area contributed by atoms with Crippen molar-refractivity contribution in [1.29, 1.82) is 0 Å². The van der Waals surface area contributed by atoms with Crippen molar-refractivity contribution in [1.82, 2.24) is 0 Å². The SMILES string of the molecule is NC(C(=O)O)c1c(O)ccc2cc(Cl)ccc12. The number of fused-ring (bicyclic) bond motifs is 1. The number of carboxylic acids is 1. The first-order chi connectivity index (χ1) is 8.00. The maximum atomic E-state index is 10.9. The average molecular weight is 252 g/mol. The number of halogens is 1. The number of hydrogen-bond donors (Lipinski definition) is 3. The van der Waals surface area contributed by atoms with Gasteiger partial charge in [-0.15, -0.1) is 0 Å². The van der Waals surface area contributed by atoms with Gasteiger partial charge in [0.05, 0.1) is 0 Å². The Balaban J connectivity index is 2.76. The Hall–Kier alpha value is -1.78. The van der Waals surface area contributed by atoms with E-state index in [-0.39, 0.29) is 11.3 Å². The summed E-state index contributed by atoms with van der Waals surface area (Å²) in [6, 6.07) is 6.77. The van der Waals surface area contributed by atoms with Gasteiger partial charge in [-0.2, -0.15) is 0 Å². The van der Waals surface area contributed by atoms with Gasteiger partial charge in [0, 0.05) is 10.6 Å². The molecule has 17 heavy (non-hydrogen) atoms. The molecule has 1 atom stereocenters. The van der Waals surface area contributed by atoms with Gasteiger partial charge in [-0.3, -0.25) is 4.79 Å². The Morgan fingerprint density at radius 3 is 2.65 bits per heavy atom. The van der Waals surface area contributed by atoms with Crippen molar-refractivity contribution in [2.24, 2.45) is 5.73 Å². The molecule has 0 aromatic heterocycles. The third-order valence-electron chi connectivity index (χ3n) is 2.58. The lowest BCUT2D eigenvalue weighted by Crippen LogP contribution is -2.21. The lowest BCUT2D eigenvalue weighted by molar-refractivity contribution is -0.138. The lowest BCUT2D eigenvalue weighted by atomic mass is 9.98. The van der Waals surface area contributed by atoms with E-state index in [0.29, 0.717) is 10.4 Å². The minimum absolute atomic E-state index is 0.130. The van der Waals surface area contributed by atoms with Crippen LogP contribution in [0.2, 0.25) is 5.02 Å². The second-order valence-corrected chi connectivity index (χ2v) is 4.12. The summed E-state index contributed by atoms with van der Waals surface area (Å²) in [5, 5.41) is 20.5. The number of rotatable bonds is 2. The van der Waals surface area contributed by atoms with Crippen LogP contribution in [0, 0.1) is 0 Å². The van der Waals surface area contributed by atoms with Crippen LogP contribution in [0.5, 0.6) is 5.75 Å². The summed E-state index contributed by atoms with van der Waals surface area (Å²) < 4.78 is 0. The first-order valence-electron chi connectivity index (χ1n) is 4.90. The van der Waals surface area contributed by atoms with Crippen molar-refractivity contribution in [2.75, 3.05) is 0 Å². The highest BCUT2D eigenvalue weighted by atomic mass is 35.5. The fourth-order valence-corrected chi connectivity index (χ4v) is 1.94. The Bertz CT molecular complexity index is 598. The summed E-state index contributed by atoms with van der Waals surface area (Å²) >= 11 is 5.84. The Morgan fingerprint density at radius 2 is 2.00 bits per heavy atom. The molecule has 1 unspecified atom stereocenters. The molecule has 0 amide bonds. The maximum Gasteiger partial charge on any atom is 0.325 e. The number of carboxylic acid groups (broad SMARTS) is 1. The molecule has 0 bridgehead atoms. The zero-order valence-corrected chi connectivity index (χ0v) is 9.48. The van der Waals surface area contributed by atoms with Gasteiger partial charge in [0.15, 0.2) is 0 Å². The van der Waals surface area contributed by atoms with E-state index in [2.05, 4.69) is 0 Å². The van der Waals surface area contributed by atoms with Gasteiger partial charge in [-0.05, 0) is 29.0 Å². The number of nitrogens with two attached hydrogens (primary N) is 1. The molecule has 88 valence electrons. The van der Waals surface area contributed by atoms with Crippen molar-refractivity contribution < 1.29 is 15.0 Å². The van der Waals surface area contributed by atoms with Gasteiger partial charge < -0.3 is 15.9 Å². The number of phenolic OH excluding ortho intramolecular Hbond substituents is 1. The third-order valence-corrected chi connectivity index (χ3v) is 2.81. The standard InChI is InChI=1S/C12H10ClNO3/c13-7-2-3-8-6(5-7)1-4-9(15)10(8)11(14)12(16)17/h1-5,11,15H,14H2,(H,16,17). The van der Waals surface area contributed by atoms with E-state index in [1.165, 1.54) is 6.07 Å². The summed E-state index contributed by atoms with van der Waals surface area (Å²) in [4.78, 5) is 10.9. The molecule has 0 aliphatic heterocycles. The molecule has 0 aliphatic rings. The summed E-state index contributed by atoms with van der Waals surface area (Å²) in [6.45, 7) is 0.